The summed E-state index contributed by atoms with van der Waals surface area (Å²) in [5.74, 6) is 0. The van der Waals surface area contributed by atoms with Crippen molar-refractivity contribution in [1.82, 2.24) is 4.68 Å². The lowest BCUT2D eigenvalue weighted by Gasteiger charge is -2.06. The normalized spacial score (nSPS) is 12.2. The summed E-state index contributed by atoms with van der Waals surface area (Å²) in [6.07, 6.45) is 3.87. The van der Waals surface area contributed by atoms with Crippen LogP contribution in [0.5, 0.6) is 0 Å². The average Bonchev–Trinajstić information content (AvgIpc) is 3.05. The van der Waals surface area contributed by atoms with Crippen LogP contribution >= 0.6 is 46.3 Å². The van der Waals surface area contributed by atoms with E-state index in [9.17, 15) is 0 Å². The summed E-state index contributed by atoms with van der Waals surface area (Å²) >= 11 is 15.7. The predicted octanol–water partition coefficient (Wildman–Crippen LogP) is 5.66. The lowest BCUT2D eigenvalue weighted by molar-refractivity contribution is 0.848. The molecule has 2 aromatic carbocycles. The van der Waals surface area contributed by atoms with Gasteiger partial charge in [0.05, 0.1) is 16.9 Å². The highest BCUT2D eigenvalue weighted by Gasteiger charge is 2.11. The van der Waals surface area contributed by atoms with E-state index in [1.165, 1.54) is 16.2 Å². The topological polar surface area (TPSA) is 29.6 Å². The van der Waals surface area contributed by atoms with Crippen molar-refractivity contribution in [1.29, 1.82) is 0 Å². The van der Waals surface area contributed by atoms with E-state index >= 15 is 0 Å². The highest BCUT2D eigenvalue weighted by molar-refractivity contribution is 7.98. The van der Waals surface area contributed by atoms with Crippen molar-refractivity contribution in [3.05, 3.63) is 68.3 Å². The first-order valence-electron chi connectivity index (χ1n) is 7.39. The van der Waals surface area contributed by atoms with Gasteiger partial charge in [-0.1, -0.05) is 35.3 Å². The zero-order valence-electron chi connectivity index (χ0n) is 13.6. The smallest absolute Gasteiger partial charge is 0.205 e. The first-order chi connectivity index (χ1) is 12.1. The molecule has 0 amide bonds. The molecule has 0 aliphatic rings. The number of hydrogen-bond donors (Lipinski definition) is 0. The number of thioether (sulfide) groups is 1. The highest BCUT2D eigenvalue weighted by atomic mass is 35.5. The molecule has 7 heteroatoms. The predicted molar refractivity (Wildman–Crippen MR) is 110 cm³/mol. The summed E-state index contributed by atoms with van der Waals surface area (Å²) in [7, 11) is 1.74. The second-order valence-corrected chi connectivity index (χ2v) is 7.64. The molecule has 0 fully saturated rings. The fourth-order valence-corrected chi connectivity index (χ4v) is 3.85. The molecule has 1 aromatic heterocycles. The summed E-state index contributed by atoms with van der Waals surface area (Å²) < 4.78 is 1.78. The van der Waals surface area contributed by atoms with Gasteiger partial charge in [0.2, 0.25) is 4.80 Å². The molecule has 3 rings (SSSR count). The van der Waals surface area contributed by atoms with Crippen LogP contribution in [0.4, 0.5) is 0 Å². The third kappa shape index (κ3) is 4.18. The summed E-state index contributed by atoms with van der Waals surface area (Å²) in [6, 6.07) is 13.6. The second kappa shape index (κ2) is 8.23. The van der Waals surface area contributed by atoms with Crippen molar-refractivity contribution in [2.75, 3.05) is 13.3 Å². The van der Waals surface area contributed by atoms with E-state index in [1.54, 1.807) is 35.6 Å². The van der Waals surface area contributed by atoms with Crippen LogP contribution in [0.25, 0.3) is 11.3 Å². The quantitative estimate of drug-likeness (QED) is 0.405. The van der Waals surface area contributed by atoms with E-state index in [0.29, 0.717) is 10.0 Å². The van der Waals surface area contributed by atoms with E-state index in [2.05, 4.69) is 28.5 Å². The minimum absolute atomic E-state index is 0.623. The number of benzene rings is 2. The lowest BCUT2D eigenvalue weighted by atomic mass is 10.2. The Morgan fingerprint density at radius 3 is 2.56 bits per heavy atom. The van der Waals surface area contributed by atoms with Crippen molar-refractivity contribution in [3.63, 3.8) is 0 Å². The molecule has 0 N–H and O–H groups in total. The molecule has 0 bridgehead atoms. The maximum absolute atomic E-state index is 6.35. The van der Waals surface area contributed by atoms with Crippen LogP contribution in [0.1, 0.15) is 5.56 Å². The van der Waals surface area contributed by atoms with Crippen molar-refractivity contribution >= 4 is 52.5 Å². The van der Waals surface area contributed by atoms with Crippen LogP contribution in [0.3, 0.4) is 0 Å². The van der Waals surface area contributed by atoms with Gasteiger partial charge in [-0.15, -0.1) is 23.1 Å². The second-order valence-electron chi connectivity index (χ2n) is 5.08. The van der Waals surface area contributed by atoms with Gasteiger partial charge in [-0.25, -0.2) is 4.68 Å². The Bertz CT molecular complexity index is 973. The maximum atomic E-state index is 6.35. The first-order valence-corrected chi connectivity index (χ1v) is 10.3. The van der Waals surface area contributed by atoms with Gasteiger partial charge >= 0.3 is 0 Å². The van der Waals surface area contributed by atoms with Crippen molar-refractivity contribution in [3.8, 4) is 11.3 Å². The molecule has 3 nitrogen and oxygen atoms in total. The van der Waals surface area contributed by atoms with E-state index in [-0.39, 0.29) is 0 Å². The Morgan fingerprint density at radius 2 is 1.88 bits per heavy atom. The third-order valence-corrected chi connectivity index (χ3v) is 5.73. The van der Waals surface area contributed by atoms with Gasteiger partial charge in [-0.3, -0.25) is 4.99 Å². The third-order valence-electron chi connectivity index (χ3n) is 3.52. The van der Waals surface area contributed by atoms with Crippen LogP contribution in [0.15, 0.2) is 62.8 Å². The van der Waals surface area contributed by atoms with E-state index < -0.39 is 0 Å². The SMILES string of the molecule is CN=c1scc(-c2cc(Cl)ccc2Cl)n1N=Cc1ccc(SC)cc1. The largest absolute Gasteiger partial charge is 0.261 e. The Labute approximate surface area is 164 Å². The van der Waals surface area contributed by atoms with Crippen LogP contribution in [-0.2, 0) is 0 Å². The monoisotopic (exact) mass is 407 g/mol. The molecule has 0 aliphatic carbocycles. The van der Waals surface area contributed by atoms with Crippen LogP contribution < -0.4 is 4.80 Å². The van der Waals surface area contributed by atoms with Gasteiger partial charge < -0.3 is 0 Å². The van der Waals surface area contributed by atoms with E-state index in [4.69, 9.17) is 23.2 Å². The Morgan fingerprint density at radius 1 is 1.12 bits per heavy atom. The molecule has 25 heavy (non-hydrogen) atoms. The summed E-state index contributed by atoms with van der Waals surface area (Å²) in [6.45, 7) is 0. The Balaban J connectivity index is 2.04. The number of thiazole rings is 1. The van der Waals surface area contributed by atoms with Crippen LogP contribution in [0.2, 0.25) is 10.0 Å². The van der Waals surface area contributed by atoms with Gasteiger partial charge in [-0.2, -0.15) is 5.10 Å². The molecular formula is C18H15Cl2N3S2. The zero-order chi connectivity index (χ0) is 17.8. The van der Waals surface area contributed by atoms with Crippen LogP contribution in [-0.4, -0.2) is 24.2 Å². The van der Waals surface area contributed by atoms with Crippen molar-refractivity contribution < 1.29 is 0 Å². The summed E-state index contributed by atoms with van der Waals surface area (Å²) in [4.78, 5) is 6.30. The van der Waals surface area contributed by atoms with Crippen molar-refractivity contribution in [2.24, 2.45) is 10.1 Å². The van der Waals surface area contributed by atoms with Gasteiger partial charge in [0, 0.05) is 27.9 Å². The molecule has 1 heterocycles. The lowest BCUT2D eigenvalue weighted by Crippen LogP contribution is -2.11. The summed E-state index contributed by atoms with van der Waals surface area (Å²) in [5.41, 5.74) is 2.70. The molecule has 3 aromatic rings. The molecule has 0 saturated heterocycles. The van der Waals surface area contributed by atoms with Gasteiger partial charge in [0.15, 0.2) is 0 Å². The van der Waals surface area contributed by atoms with E-state index in [0.717, 1.165) is 21.6 Å². The van der Waals surface area contributed by atoms with Gasteiger partial charge in [-0.05, 0) is 42.2 Å². The van der Waals surface area contributed by atoms with Crippen LogP contribution in [0, 0.1) is 0 Å². The Kier molecular flexibility index (Phi) is 6.02. The zero-order valence-corrected chi connectivity index (χ0v) is 16.8. The number of hydrogen-bond acceptors (Lipinski definition) is 4. The van der Waals surface area contributed by atoms with Crippen molar-refractivity contribution in [2.45, 2.75) is 4.90 Å². The highest BCUT2D eigenvalue weighted by Crippen LogP contribution is 2.30. The molecule has 0 spiro atoms. The number of halogens is 2. The minimum atomic E-state index is 0.623. The first kappa shape index (κ1) is 18.3. The molecule has 0 radical (unpaired) electrons. The molecular weight excluding hydrogens is 393 g/mol. The Hall–Kier alpha value is -1.53. The molecule has 0 saturated carbocycles. The summed E-state index contributed by atoms with van der Waals surface area (Å²) in [5, 5.41) is 7.84. The number of aromatic nitrogens is 1. The molecule has 0 unspecified atom stereocenters. The number of rotatable bonds is 4. The number of nitrogens with zero attached hydrogens (tertiary/aromatic N) is 3. The minimum Gasteiger partial charge on any atom is -0.261 e. The average molecular weight is 408 g/mol. The standard InChI is InChI=1S/C18H15Cl2N3S2/c1-21-18-23(22-10-12-3-6-14(24-2)7-4-12)17(11-25-18)15-9-13(19)5-8-16(15)20/h3-11H,1-2H3. The fraction of sp³-hybridized carbons (Fsp3) is 0.111. The fourth-order valence-electron chi connectivity index (χ4n) is 2.26. The van der Waals surface area contributed by atoms with Gasteiger partial charge in [0.25, 0.3) is 0 Å². The molecule has 0 atom stereocenters. The van der Waals surface area contributed by atoms with Gasteiger partial charge in [0.1, 0.15) is 0 Å². The maximum Gasteiger partial charge on any atom is 0.205 e. The molecule has 128 valence electrons. The molecule has 0 aliphatic heterocycles. The van der Waals surface area contributed by atoms with E-state index in [1.807, 2.05) is 29.8 Å².